The maximum absolute atomic E-state index is 14.0. The van der Waals surface area contributed by atoms with Crippen LogP contribution in [-0.2, 0) is 9.84 Å². The van der Waals surface area contributed by atoms with E-state index in [0.29, 0.717) is 0 Å². The van der Waals surface area contributed by atoms with Crippen LogP contribution >= 0.6 is 0 Å². The fraction of sp³-hybridized carbons (Fsp3) is 0.278. The average Bonchev–Trinajstić information content (AvgIpc) is 2.98. The second-order valence-electron chi connectivity index (χ2n) is 6.67. The number of amidine groups is 1. The lowest BCUT2D eigenvalue weighted by molar-refractivity contribution is -0.249. The maximum Gasteiger partial charge on any atom is 0.440 e. The Balaban J connectivity index is 2.14. The largest absolute Gasteiger partial charge is 0.440 e. The molecule has 0 saturated heterocycles. The summed E-state index contributed by atoms with van der Waals surface area (Å²) in [6.07, 6.45) is -4.19. The molecule has 1 unspecified atom stereocenters. The van der Waals surface area contributed by atoms with Gasteiger partial charge >= 0.3 is 6.18 Å². The first-order chi connectivity index (χ1) is 13.2. The predicted octanol–water partition coefficient (Wildman–Crippen LogP) is 3.19. The number of halogens is 5. The summed E-state index contributed by atoms with van der Waals surface area (Å²) in [7, 11) is -3.55. The van der Waals surface area contributed by atoms with Gasteiger partial charge in [0.2, 0.25) is 0 Å². The molecule has 0 aromatic heterocycles. The lowest BCUT2D eigenvalue weighted by Gasteiger charge is -2.26. The Morgan fingerprint density at radius 2 is 1.62 bits per heavy atom. The van der Waals surface area contributed by atoms with E-state index in [-0.39, 0.29) is 21.7 Å². The highest BCUT2D eigenvalue weighted by atomic mass is 32.2. The van der Waals surface area contributed by atoms with Crippen LogP contribution in [0.3, 0.4) is 0 Å². The Labute approximate surface area is 163 Å². The van der Waals surface area contributed by atoms with Crippen LogP contribution < -0.4 is 4.90 Å². The molecule has 0 bridgehead atoms. The predicted molar refractivity (Wildman–Crippen MR) is 95.5 cm³/mol. The Morgan fingerprint density at radius 1 is 1.10 bits per heavy atom. The third-order valence-electron chi connectivity index (χ3n) is 4.50. The summed E-state index contributed by atoms with van der Waals surface area (Å²) < 4.78 is 91.2. The van der Waals surface area contributed by atoms with Crippen molar-refractivity contribution in [2.24, 2.45) is 4.99 Å². The van der Waals surface area contributed by atoms with Gasteiger partial charge in [-0.25, -0.2) is 22.2 Å². The van der Waals surface area contributed by atoms with E-state index in [1.165, 1.54) is 19.1 Å². The summed E-state index contributed by atoms with van der Waals surface area (Å²) in [6, 6.07) is 6.39. The number of aliphatic hydroxyl groups is 1. The highest BCUT2D eigenvalue weighted by Crippen LogP contribution is 2.39. The number of sulfone groups is 1. The number of hydrogen-bond acceptors (Lipinski definition) is 5. The molecule has 0 aliphatic carbocycles. The fourth-order valence-electron chi connectivity index (χ4n) is 2.79. The van der Waals surface area contributed by atoms with Gasteiger partial charge < -0.3 is 10.0 Å². The van der Waals surface area contributed by atoms with E-state index < -0.39 is 45.8 Å². The molecular weight excluding hydrogens is 419 g/mol. The number of benzene rings is 2. The summed E-state index contributed by atoms with van der Waals surface area (Å²) >= 11 is 0. The Hall–Kier alpha value is -2.53. The van der Waals surface area contributed by atoms with Crippen LogP contribution in [0.4, 0.5) is 27.6 Å². The minimum absolute atomic E-state index is 0.0268. The summed E-state index contributed by atoms with van der Waals surface area (Å²) in [5, 5.41) is 10.0. The van der Waals surface area contributed by atoms with Gasteiger partial charge in [0, 0.05) is 23.1 Å². The molecule has 0 spiro atoms. The van der Waals surface area contributed by atoms with Gasteiger partial charge in [0.05, 0.1) is 11.4 Å². The summed E-state index contributed by atoms with van der Waals surface area (Å²) in [5.41, 5.74) is -4.07. The van der Waals surface area contributed by atoms with Crippen molar-refractivity contribution in [3.05, 3.63) is 59.2 Å². The molecule has 1 atom stereocenters. The third-order valence-corrected chi connectivity index (χ3v) is 5.63. The van der Waals surface area contributed by atoms with Crippen molar-refractivity contribution in [2.45, 2.75) is 23.7 Å². The highest BCUT2D eigenvalue weighted by molar-refractivity contribution is 7.90. The quantitative estimate of drug-likeness (QED) is 0.754. The molecule has 0 amide bonds. The van der Waals surface area contributed by atoms with Crippen molar-refractivity contribution in [1.29, 1.82) is 0 Å². The first-order valence-electron chi connectivity index (χ1n) is 8.15. The Bertz CT molecular complexity index is 1070. The van der Waals surface area contributed by atoms with E-state index in [1.807, 2.05) is 0 Å². The van der Waals surface area contributed by atoms with Crippen molar-refractivity contribution in [3.63, 3.8) is 0 Å². The van der Waals surface area contributed by atoms with Crippen molar-refractivity contribution in [1.82, 2.24) is 0 Å². The minimum atomic E-state index is -5.15. The Morgan fingerprint density at radius 3 is 2.07 bits per heavy atom. The molecule has 29 heavy (non-hydrogen) atoms. The zero-order valence-electron chi connectivity index (χ0n) is 15.1. The normalized spacial score (nSPS) is 20.1. The van der Waals surface area contributed by atoms with Crippen molar-refractivity contribution >= 4 is 21.4 Å². The van der Waals surface area contributed by atoms with Crippen LogP contribution in [0.15, 0.2) is 46.3 Å². The first-order valence-corrected chi connectivity index (χ1v) is 10.0. The lowest BCUT2D eigenvalue weighted by atomic mass is 10.1. The molecule has 1 heterocycles. The fourth-order valence-corrected chi connectivity index (χ4v) is 3.42. The molecular formula is C18H15F5N2O3S. The standard InChI is InChI=1S/C18H15F5N2O3S/c1-10-14(19)7-12(8-15(10)20)25-9-17(26,18(21,22)23)24-16(25)11-3-5-13(6-4-11)29(2,27)28/h3-8,26H,9H2,1-2H3. The SMILES string of the molecule is Cc1c(F)cc(N2CC(O)(C(F)(F)F)N=C2c2ccc(S(C)(=O)=O)cc2)cc1F. The topological polar surface area (TPSA) is 70.0 Å². The molecule has 1 aliphatic rings. The first kappa shape index (κ1) is 21.2. The van der Waals surface area contributed by atoms with Gasteiger partial charge in [-0.15, -0.1) is 0 Å². The lowest BCUT2D eigenvalue weighted by Crippen LogP contribution is -2.47. The molecule has 0 saturated carbocycles. The van der Waals surface area contributed by atoms with Crippen LogP contribution in [0.5, 0.6) is 0 Å². The average molecular weight is 434 g/mol. The molecule has 1 aliphatic heterocycles. The van der Waals surface area contributed by atoms with Crippen LogP contribution in [0, 0.1) is 18.6 Å². The molecule has 5 nitrogen and oxygen atoms in total. The van der Waals surface area contributed by atoms with Gasteiger partial charge in [-0.1, -0.05) is 0 Å². The number of alkyl halides is 3. The second kappa shape index (κ2) is 6.77. The van der Waals surface area contributed by atoms with Gasteiger partial charge in [-0.3, -0.25) is 0 Å². The van der Waals surface area contributed by atoms with Gasteiger partial charge in [0.1, 0.15) is 17.5 Å². The number of β-amino-alcohol motifs (C(OH)–C–C–N with tert-alkyl or cyclic N) is 1. The van der Waals surface area contributed by atoms with Crippen LogP contribution in [0.1, 0.15) is 11.1 Å². The number of aliphatic imine (C=N–C) groups is 1. The molecule has 11 heteroatoms. The number of hydrogen-bond donors (Lipinski definition) is 1. The van der Waals surface area contributed by atoms with Gasteiger partial charge in [-0.05, 0) is 43.3 Å². The molecule has 3 rings (SSSR count). The van der Waals surface area contributed by atoms with Gasteiger partial charge in [-0.2, -0.15) is 13.2 Å². The zero-order valence-corrected chi connectivity index (χ0v) is 15.9. The third kappa shape index (κ3) is 3.84. The van der Waals surface area contributed by atoms with Gasteiger partial charge in [0.25, 0.3) is 5.72 Å². The summed E-state index contributed by atoms with van der Waals surface area (Å²) in [6.45, 7) is 0.0466. The minimum Gasteiger partial charge on any atom is -0.361 e. The highest BCUT2D eigenvalue weighted by Gasteiger charge is 2.59. The van der Waals surface area contributed by atoms with Crippen LogP contribution in [-0.4, -0.2) is 44.1 Å². The van der Waals surface area contributed by atoms with Crippen molar-refractivity contribution in [3.8, 4) is 0 Å². The zero-order chi connectivity index (χ0) is 21.8. The maximum atomic E-state index is 14.0. The molecule has 156 valence electrons. The molecule has 1 N–H and O–H groups in total. The van der Waals surface area contributed by atoms with Crippen molar-refractivity contribution in [2.75, 3.05) is 17.7 Å². The van der Waals surface area contributed by atoms with Gasteiger partial charge in [0.15, 0.2) is 9.84 Å². The van der Waals surface area contributed by atoms with E-state index in [9.17, 15) is 35.5 Å². The molecule has 0 radical (unpaired) electrons. The van der Waals surface area contributed by atoms with Crippen molar-refractivity contribution < 1.29 is 35.5 Å². The second-order valence-corrected chi connectivity index (χ2v) is 8.68. The molecule has 2 aromatic carbocycles. The number of rotatable bonds is 3. The smallest absolute Gasteiger partial charge is 0.361 e. The van der Waals surface area contributed by atoms with Crippen LogP contribution in [0.2, 0.25) is 0 Å². The summed E-state index contributed by atoms with van der Waals surface area (Å²) in [4.78, 5) is 4.12. The summed E-state index contributed by atoms with van der Waals surface area (Å²) in [5.74, 6) is -2.36. The Kier molecular flexibility index (Phi) is 4.94. The van der Waals surface area contributed by atoms with E-state index in [2.05, 4.69) is 4.99 Å². The molecule has 2 aromatic rings. The monoisotopic (exact) mass is 434 g/mol. The number of anilines is 1. The van der Waals surface area contributed by atoms with E-state index >= 15 is 0 Å². The van der Waals surface area contributed by atoms with E-state index in [4.69, 9.17) is 0 Å². The molecule has 0 fully saturated rings. The van der Waals surface area contributed by atoms with E-state index in [1.54, 1.807) is 0 Å². The number of nitrogens with zero attached hydrogens (tertiary/aromatic N) is 2. The van der Waals surface area contributed by atoms with Crippen LogP contribution in [0.25, 0.3) is 0 Å². The van der Waals surface area contributed by atoms with E-state index in [0.717, 1.165) is 35.4 Å².